The van der Waals surface area contributed by atoms with E-state index in [1.807, 2.05) is 0 Å². The molecule has 0 atom stereocenters. The normalized spacial score (nSPS) is 9.55. The van der Waals surface area contributed by atoms with Crippen LogP contribution in [-0.4, -0.2) is 0 Å². The smallest absolute Gasteiger partial charge is 0.0913 e. The second-order valence-corrected chi connectivity index (χ2v) is 6.24. The summed E-state index contributed by atoms with van der Waals surface area (Å²) in [5.74, 6) is 0. The minimum Gasteiger partial charge on any atom is -0.298 e. The van der Waals surface area contributed by atoms with Gasteiger partial charge in [0.15, 0.2) is 0 Å². The number of benzene rings is 2. The minimum absolute atomic E-state index is 0. The SMILES string of the molecule is Cl.Cl.Clc1cc(Cl)c(NNc2c(Cl)cc(Cl)cc2Cl)c(Cl)c1. The summed E-state index contributed by atoms with van der Waals surface area (Å²) in [6.45, 7) is 0. The molecular formula is C12H8Cl8N2. The van der Waals surface area contributed by atoms with E-state index < -0.39 is 0 Å². The Morgan fingerprint density at radius 1 is 0.500 bits per heavy atom. The van der Waals surface area contributed by atoms with Gasteiger partial charge in [-0.2, -0.15) is 0 Å². The van der Waals surface area contributed by atoms with Gasteiger partial charge in [-0.15, -0.1) is 24.8 Å². The number of hydrogen-bond acceptors (Lipinski definition) is 2. The lowest BCUT2D eigenvalue weighted by Crippen LogP contribution is -2.10. The van der Waals surface area contributed by atoms with E-state index in [1.165, 1.54) is 0 Å². The second kappa shape index (κ2) is 9.61. The average Bonchev–Trinajstić information content (AvgIpc) is 2.30. The van der Waals surface area contributed by atoms with Crippen molar-refractivity contribution in [3.05, 3.63) is 54.4 Å². The average molecular weight is 464 g/mol. The highest BCUT2D eigenvalue weighted by Gasteiger charge is 2.11. The lowest BCUT2D eigenvalue weighted by molar-refractivity contribution is 1.41. The van der Waals surface area contributed by atoms with Gasteiger partial charge in [-0.05, 0) is 24.3 Å². The Labute approximate surface area is 170 Å². The van der Waals surface area contributed by atoms with E-state index in [4.69, 9.17) is 69.6 Å². The van der Waals surface area contributed by atoms with Crippen molar-refractivity contribution in [2.75, 3.05) is 10.9 Å². The first-order valence-corrected chi connectivity index (χ1v) is 7.46. The molecule has 0 heterocycles. The summed E-state index contributed by atoms with van der Waals surface area (Å²) in [7, 11) is 0. The monoisotopic (exact) mass is 460 g/mol. The van der Waals surface area contributed by atoms with Crippen LogP contribution in [0.3, 0.4) is 0 Å². The van der Waals surface area contributed by atoms with Crippen molar-refractivity contribution in [3.8, 4) is 0 Å². The van der Waals surface area contributed by atoms with E-state index in [9.17, 15) is 0 Å². The van der Waals surface area contributed by atoms with Gasteiger partial charge in [-0.1, -0.05) is 69.6 Å². The molecule has 0 aliphatic carbocycles. The van der Waals surface area contributed by atoms with Crippen LogP contribution in [0.4, 0.5) is 11.4 Å². The van der Waals surface area contributed by atoms with Crippen LogP contribution in [0.25, 0.3) is 0 Å². The third-order valence-corrected chi connectivity index (χ3v) is 3.96. The zero-order valence-electron chi connectivity index (χ0n) is 10.4. The van der Waals surface area contributed by atoms with Crippen molar-refractivity contribution >= 4 is 106 Å². The van der Waals surface area contributed by atoms with Gasteiger partial charge in [-0.25, -0.2) is 0 Å². The first kappa shape index (κ1) is 22.4. The number of rotatable bonds is 3. The first-order valence-electron chi connectivity index (χ1n) is 5.19. The molecule has 0 aliphatic rings. The van der Waals surface area contributed by atoms with Crippen molar-refractivity contribution in [2.45, 2.75) is 0 Å². The number of anilines is 2. The molecule has 0 fully saturated rings. The molecule has 0 bridgehead atoms. The van der Waals surface area contributed by atoms with Crippen LogP contribution < -0.4 is 10.9 Å². The maximum Gasteiger partial charge on any atom is 0.0913 e. The van der Waals surface area contributed by atoms with E-state index in [0.717, 1.165) is 0 Å². The van der Waals surface area contributed by atoms with Crippen LogP contribution in [0.1, 0.15) is 0 Å². The molecular weight excluding hydrogens is 456 g/mol. The second-order valence-electron chi connectivity index (χ2n) is 3.74. The van der Waals surface area contributed by atoms with Gasteiger partial charge in [0.2, 0.25) is 0 Å². The highest BCUT2D eigenvalue weighted by atomic mass is 35.5. The topological polar surface area (TPSA) is 24.1 Å². The fourth-order valence-corrected chi connectivity index (χ4v) is 3.27. The third-order valence-electron chi connectivity index (χ3n) is 2.33. The Balaban J connectivity index is 0.00000220. The molecule has 0 aliphatic heterocycles. The summed E-state index contributed by atoms with van der Waals surface area (Å²) in [4.78, 5) is 0. The van der Waals surface area contributed by atoms with Gasteiger partial charge in [0.1, 0.15) is 0 Å². The van der Waals surface area contributed by atoms with E-state index in [1.54, 1.807) is 24.3 Å². The summed E-state index contributed by atoms with van der Waals surface area (Å²) in [6, 6.07) is 6.24. The third kappa shape index (κ3) is 5.47. The first-order chi connectivity index (χ1) is 9.38. The largest absolute Gasteiger partial charge is 0.298 e. The van der Waals surface area contributed by atoms with E-state index in [2.05, 4.69) is 10.9 Å². The van der Waals surface area contributed by atoms with E-state index >= 15 is 0 Å². The summed E-state index contributed by atoms with van der Waals surface area (Å²) >= 11 is 35.9. The molecule has 0 spiro atoms. The van der Waals surface area contributed by atoms with Crippen molar-refractivity contribution in [1.29, 1.82) is 0 Å². The van der Waals surface area contributed by atoms with Crippen LogP contribution in [0.2, 0.25) is 30.1 Å². The van der Waals surface area contributed by atoms with Crippen molar-refractivity contribution < 1.29 is 0 Å². The van der Waals surface area contributed by atoms with Crippen LogP contribution in [0.5, 0.6) is 0 Å². The summed E-state index contributed by atoms with van der Waals surface area (Å²) in [5.41, 5.74) is 6.60. The van der Waals surface area contributed by atoms with Crippen molar-refractivity contribution in [1.82, 2.24) is 0 Å². The van der Waals surface area contributed by atoms with E-state index in [0.29, 0.717) is 41.5 Å². The van der Waals surface area contributed by atoms with Crippen LogP contribution in [-0.2, 0) is 0 Å². The number of halogens is 8. The van der Waals surface area contributed by atoms with Gasteiger partial charge >= 0.3 is 0 Å². The summed E-state index contributed by atoms with van der Waals surface area (Å²) in [6.07, 6.45) is 0. The van der Waals surface area contributed by atoms with Gasteiger partial charge in [-0.3, -0.25) is 10.9 Å². The highest BCUT2D eigenvalue weighted by Crippen LogP contribution is 2.36. The molecule has 122 valence electrons. The van der Waals surface area contributed by atoms with Crippen LogP contribution in [0, 0.1) is 0 Å². The van der Waals surface area contributed by atoms with Gasteiger partial charge in [0.25, 0.3) is 0 Å². The Hall–Kier alpha value is 0.360. The molecule has 10 heteroatoms. The maximum absolute atomic E-state index is 6.05. The molecule has 0 saturated carbocycles. The number of hydrazine groups is 1. The molecule has 0 saturated heterocycles. The molecule has 2 N–H and O–H groups in total. The molecule has 2 rings (SSSR count). The summed E-state index contributed by atoms with van der Waals surface area (Å²) in [5, 5.41) is 2.31. The molecule has 2 nitrogen and oxygen atoms in total. The molecule has 0 unspecified atom stereocenters. The zero-order valence-corrected chi connectivity index (χ0v) is 16.6. The van der Waals surface area contributed by atoms with Crippen LogP contribution in [0.15, 0.2) is 24.3 Å². The zero-order chi connectivity index (χ0) is 14.9. The maximum atomic E-state index is 6.05. The molecule has 0 amide bonds. The van der Waals surface area contributed by atoms with Gasteiger partial charge in [0.05, 0.1) is 31.5 Å². The Kier molecular flexibility index (Phi) is 9.76. The molecule has 0 radical (unpaired) electrons. The Morgan fingerprint density at radius 3 is 0.955 bits per heavy atom. The number of hydrogen-bond donors (Lipinski definition) is 2. The fraction of sp³-hybridized carbons (Fsp3) is 0. The molecule has 2 aromatic carbocycles. The Morgan fingerprint density at radius 2 is 0.727 bits per heavy atom. The highest BCUT2D eigenvalue weighted by molar-refractivity contribution is 6.43. The lowest BCUT2D eigenvalue weighted by Gasteiger charge is -2.15. The van der Waals surface area contributed by atoms with Gasteiger partial charge in [0, 0.05) is 10.0 Å². The standard InChI is InChI=1S/C12H6Cl6N2.2ClH/c13-5-1-7(15)11(8(16)2-5)19-20-12-9(17)3-6(14)4-10(12)18;;/h1-4,19-20H;2*1H. The number of nitrogens with one attached hydrogen (secondary N) is 2. The molecule has 22 heavy (non-hydrogen) atoms. The molecule has 0 aromatic heterocycles. The fourth-order valence-electron chi connectivity index (χ4n) is 1.45. The Bertz CT molecular complexity index is 558. The van der Waals surface area contributed by atoms with Crippen molar-refractivity contribution in [2.24, 2.45) is 0 Å². The minimum atomic E-state index is 0. The predicted octanol–water partition coefficient (Wildman–Crippen LogP) is 7.89. The predicted molar refractivity (Wildman–Crippen MR) is 105 cm³/mol. The quantitative estimate of drug-likeness (QED) is 0.452. The lowest BCUT2D eigenvalue weighted by atomic mass is 10.3. The van der Waals surface area contributed by atoms with Crippen molar-refractivity contribution in [3.63, 3.8) is 0 Å². The van der Waals surface area contributed by atoms with Gasteiger partial charge < -0.3 is 0 Å². The summed E-state index contributed by atoms with van der Waals surface area (Å²) < 4.78 is 0. The van der Waals surface area contributed by atoms with Crippen LogP contribution >= 0.6 is 94.4 Å². The molecule has 2 aromatic rings. The van der Waals surface area contributed by atoms with E-state index in [-0.39, 0.29) is 24.8 Å².